The van der Waals surface area contributed by atoms with E-state index in [9.17, 15) is 9.59 Å². The Bertz CT molecular complexity index is 794. The van der Waals surface area contributed by atoms with Gasteiger partial charge < -0.3 is 9.88 Å². The van der Waals surface area contributed by atoms with Crippen molar-refractivity contribution in [2.24, 2.45) is 0 Å². The first kappa shape index (κ1) is 16.9. The van der Waals surface area contributed by atoms with Gasteiger partial charge >= 0.3 is 0 Å². The topological polar surface area (TPSA) is 66.1 Å². The van der Waals surface area contributed by atoms with Crippen molar-refractivity contribution in [1.29, 1.82) is 0 Å². The monoisotopic (exact) mass is 345 g/mol. The van der Waals surface area contributed by atoms with E-state index in [0.29, 0.717) is 6.54 Å². The molecular weight excluding hydrogens is 322 g/mol. The predicted molar refractivity (Wildman–Crippen MR) is 95.6 cm³/mol. The minimum atomic E-state index is -0.272. The Morgan fingerprint density at radius 3 is 2.88 bits per heavy atom. The molecule has 5 nitrogen and oxygen atoms in total. The first-order valence-corrected chi connectivity index (χ1v) is 9.34. The molecule has 24 heavy (non-hydrogen) atoms. The van der Waals surface area contributed by atoms with Crippen LogP contribution in [0.1, 0.15) is 57.7 Å². The van der Waals surface area contributed by atoms with Crippen LogP contribution < -0.4 is 5.56 Å². The molecule has 0 spiro atoms. The van der Waals surface area contributed by atoms with E-state index < -0.39 is 0 Å². The fraction of sp³-hybridized carbons (Fsp3) is 0.500. The second-order valence-corrected chi connectivity index (χ2v) is 7.51. The fourth-order valence-electron chi connectivity index (χ4n) is 3.11. The Labute approximate surface area is 145 Å². The van der Waals surface area contributed by atoms with Gasteiger partial charge in [0.25, 0.3) is 11.5 Å². The largest absolute Gasteiger partial charge is 0.336 e. The number of thiazole rings is 1. The van der Waals surface area contributed by atoms with Crippen molar-refractivity contribution in [3.05, 3.63) is 49.3 Å². The van der Waals surface area contributed by atoms with Crippen LogP contribution in [0.2, 0.25) is 0 Å². The number of fused-ring (bicyclic) bond motifs is 1. The summed E-state index contributed by atoms with van der Waals surface area (Å²) in [7, 11) is 1.73. The fourth-order valence-corrected chi connectivity index (χ4v) is 4.02. The van der Waals surface area contributed by atoms with Crippen molar-refractivity contribution in [1.82, 2.24) is 14.9 Å². The Balaban J connectivity index is 1.81. The minimum absolute atomic E-state index is 0.227. The van der Waals surface area contributed by atoms with E-state index in [1.54, 1.807) is 23.3 Å². The number of nitrogens with zero attached hydrogens (tertiary/aromatic N) is 2. The summed E-state index contributed by atoms with van der Waals surface area (Å²) in [5, 5.41) is 1.06. The van der Waals surface area contributed by atoms with E-state index in [4.69, 9.17) is 0 Å². The van der Waals surface area contributed by atoms with Gasteiger partial charge in [-0.05, 0) is 43.7 Å². The van der Waals surface area contributed by atoms with Crippen molar-refractivity contribution < 1.29 is 4.79 Å². The molecule has 1 amide bonds. The van der Waals surface area contributed by atoms with E-state index in [1.165, 1.54) is 6.42 Å². The van der Waals surface area contributed by atoms with E-state index in [1.807, 2.05) is 12.3 Å². The van der Waals surface area contributed by atoms with Gasteiger partial charge in [-0.2, -0.15) is 0 Å². The summed E-state index contributed by atoms with van der Waals surface area (Å²) in [6.45, 7) is 2.54. The molecule has 1 aliphatic carbocycles. The van der Waals surface area contributed by atoms with E-state index in [0.717, 1.165) is 53.2 Å². The quantitative estimate of drug-likeness (QED) is 0.867. The van der Waals surface area contributed by atoms with Crippen molar-refractivity contribution in [2.75, 3.05) is 7.05 Å². The maximum absolute atomic E-state index is 12.7. The summed E-state index contributed by atoms with van der Waals surface area (Å²) in [6, 6.07) is 1.81. The molecule has 0 saturated heterocycles. The molecular formula is C18H23N3O2S. The third-order valence-corrected chi connectivity index (χ3v) is 5.59. The number of aryl methyl sites for hydroxylation is 3. The number of carbonyl (C=O) groups is 1. The number of hydrogen-bond acceptors (Lipinski definition) is 4. The van der Waals surface area contributed by atoms with Crippen LogP contribution in [0.25, 0.3) is 0 Å². The molecule has 0 fully saturated rings. The molecule has 0 radical (unpaired) electrons. The second-order valence-electron chi connectivity index (χ2n) is 6.31. The molecule has 128 valence electrons. The molecule has 0 bridgehead atoms. The molecule has 1 N–H and O–H groups in total. The molecule has 6 heteroatoms. The summed E-state index contributed by atoms with van der Waals surface area (Å²) >= 11 is 1.61. The molecule has 2 heterocycles. The zero-order chi connectivity index (χ0) is 17.1. The van der Waals surface area contributed by atoms with Gasteiger partial charge in [0.05, 0.1) is 11.6 Å². The summed E-state index contributed by atoms with van der Waals surface area (Å²) in [5.41, 5.74) is 2.10. The number of aromatic nitrogens is 2. The van der Waals surface area contributed by atoms with Gasteiger partial charge in [-0.1, -0.05) is 13.3 Å². The normalized spacial score (nSPS) is 14.1. The molecule has 2 aromatic rings. The molecule has 0 aliphatic heterocycles. The lowest BCUT2D eigenvalue weighted by molar-refractivity contribution is 0.0784. The Hall–Kier alpha value is -1.95. The van der Waals surface area contributed by atoms with Crippen molar-refractivity contribution in [3.8, 4) is 0 Å². The third-order valence-electron chi connectivity index (χ3n) is 4.46. The Morgan fingerprint density at radius 2 is 2.12 bits per heavy atom. The van der Waals surface area contributed by atoms with Crippen LogP contribution in [-0.2, 0) is 25.8 Å². The van der Waals surface area contributed by atoms with Crippen molar-refractivity contribution in [2.45, 2.75) is 52.0 Å². The number of rotatable bonds is 4. The average molecular weight is 345 g/mol. The molecule has 3 rings (SSSR count). The number of H-pyrrole nitrogens is 1. The summed E-state index contributed by atoms with van der Waals surface area (Å²) in [4.78, 5) is 34.9. The van der Waals surface area contributed by atoms with Gasteiger partial charge in [-0.15, -0.1) is 11.3 Å². The summed E-state index contributed by atoms with van der Waals surface area (Å²) < 4.78 is 0. The minimum Gasteiger partial charge on any atom is -0.336 e. The van der Waals surface area contributed by atoms with Crippen LogP contribution in [0.5, 0.6) is 0 Å². The highest BCUT2D eigenvalue weighted by molar-refractivity contribution is 7.11. The molecule has 0 unspecified atom stereocenters. The average Bonchev–Trinajstić information content (AvgIpc) is 2.90. The lowest BCUT2D eigenvalue weighted by atomic mass is 10.1. The van der Waals surface area contributed by atoms with Crippen LogP contribution in [0, 0.1) is 0 Å². The number of carbonyl (C=O) groups excluding carboxylic acids is 1. The van der Waals surface area contributed by atoms with Gasteiger partial charge in [-0.25, -0.2) is 4.98 Å². The standard InChI is InChI=1S/C18H23N3O2S/c1-3-16-19-10-13(24-16)11-21(2)18(23)14-9-12-7-5-4-6-8-15(12)20-17(14)22/h9-10H,3-8,11H2,1-2H3,(H,20,22). The SMILES string of the molecule is CCc1ncc(CN(C)C(=O)c2cc3c([nH]c2=O)CCCCC3)s1. The van der Waals surface area contributed by atoms with E-state index in [2.05, 4.69) is 16.9 Å². The van der Waals surface area contributed by atoms with Crippen LogP contribution in [0.4, 0.5) is 0 Å². The number of hydrogen-bond donors (Lipinski definition) is 1. The van der Waals surface area contributed by atoms with Crippen LogP contribution in [0.3, 0.4) is 0 Å². The Kier molecular flexibility index (Phi) is 5.14. The smallest absolute Gasteiger partial charge is 0.261 e. The first-order valence-electron chi connectivity index (χ1n) is 8.52. The maximum atomic E-state index is 12.7. The van der Waals surface area contributed by atoms with Gasteiger partial charge in [0.15, 0.2) is 0 Å². The van der Waals surface area contributed by atoms with Gasteiger partial charge in [-0.3, -0.25) is 9.59 Å². The number of aromatic amines is 1. The zero-order valence-corrected chi connectivity index (χ0v) is 15.0. The van der Waals surface area contributed by atoms with Gasteiger partial charge in [0.2, 0.25) is 0 Å². The number of amides is 1. The highest BCUT2D eigenvalue weighted by Crippen LogP contribution is 2.20. The van der Waals surface area contributed by atoms with E-state index >= 15 is 0 Å². The highest BCUT2D eigenvalue weighted by Gasteiger charge is 2.20. The van der Waals surface area contributed by atoms with E-state index in [-0.39, 0.29) is 17.0 Å². The summed E-state index contributed by atoms with van der Waals surface area (Å²) in [5.74, 6) is -0.227. The first-order chi connectivity index (χ1) is 11.6. The maximum Gasteiger partial charge on any atom is 0.261 e. The van der Waals surface area contributed by atoms with Crippen LogP contribution in [0.15, 0.2) is 17.1 Å². The molecule has 0 atom stereocenters. The summed E-state index contributed by atoms with van der Waals surface area (Å²) in [6.07, 6.45) is 7.93. The molecule has 1 aliphatic rings. The third kappa shape index (κ3) is 3.59. The lowest BCUT2D eigenvalue weighted by Crippen LogP contribution is -2.32. The molecule has 0 aromatic carbocycles. The van der Waals surface area contributed by atoms with Crippen LogP contribution >= 0.6 is 11.3 Å². The lowest BCUT2D eigenvalue weighted by Gasteiger charge is -2.16. The van der Waals surface area contributed by atoms with Crippen LogP contribution in [-0.4, -0.2) is 27.8 Å². The number of pyridine rings is 1. The highest BCUT2D eigenvalue weighted by atomic mass is 32.1. The molecule has 0 saturated carbocycles. The second kappa shape index (κ2) is 7.30. The molecule has 2 aromatic heterocycles. The predicted octanol–water partition coefficient (Wildman–Crippen LogP) is 2.93. The Morgan fingerprint density at radius 1 is 1.33 bits per heavy atom. The van der Waals surface area contributed by atoms with Crippen molar-refractivity contribution in [3.63, 3.8) is 0 Å². The van der Waals surface area contributed by atoms with Gasteiger partial charge in [0.1, 0.15) is 5.56 Å². The number of nitrogens with one attached hydrogen (secondary N) is 1. The zero-order valence-electron chi connectivity index (χ0n) is 14.2. The van der Waals surface area contributed by atoms with Gasteiger partial charge in [0, 0.05) is 23.8 Å². The van der Waals surface area contributed by atoms with Crippen molar-refractivity contribution >= 4 is 17.2 Å².